The summed E-state index contributed by atoms with van der Waals surface area (Å²) in [5.74, 6) is -0.502. The molecule has 4 aromatic rings. The van der Waals surface area contributed by atoms with E-state index in [1.165, 1.54) is 33.6 Å². The van der Waals surface area contributed by atoms with Crippen molar-refractivity contribution in [2.45, 2.75) is 0 Å². The van der Waals surface area contributed by atoms with E-state index in [4.69, 9.17) is 0 Å². The van der Waals surface area contributed by atoms with E-state index in [9.17, 15) is 9.18 Å². The van der Waals surface area contributed by atoms with Gasteiger partial charge in [0.25, 0.3) is 5.91 Å². The lowest BCUT2D eigenvalue weighted by Crippen LogP contribution is -3.06. The van der Waals surface area contributed by atoms with Crippen molar-refractivity contribution in [3.8, 4) is 0 Å². The maximum absolute atomic E-state index is 14.1. The molecule has 0 spiro atoms. The highest BCUT2D eigenvalue weighted by atomic mass is 32.1. The van der Waals surface area contributed by atoms with Gasteiger partial charge in [-0.15, -0.1) is 11.3 Å². The average molecular weight is 402 g/mol. The van der Waals surface area contributed by atoms with Crippen molar-refractivity contribution >= 4 is 54.1 Å². The molecule has 2 heterocycles. The number of hydrogen-bond acceptors (Lipinski definition) is 5. The van der Waals surface area contributed by atoms with Crippen LogP contribution in [0.3, 0.4) is 0 Å². The summed E-state index contributed by atoms with van der Waals surface area (Å²) in [6.45, 7) is 1.26. The molecule has 0 saturated carbocycles. The van der Waals surface area contributed by atoms with Crippen molar-refractivity contribution in [3.05, 3.63) is 53.3 Å². The van der Waals surface area contributed by atoms with Gasteiger partial charge in [-0.05, 0) is 30.3 Å². The fourth-order valence-corrected chi connectivity index (χ4v) is 4.50. The van der Waals surface area contributed by atoms with Gasteiger partial charge < -0.3 is 4.90 Å². The van der Waals surface area contributed by atoms with Crippen molar-refractivity contribution in [2.75, 3.05) is 32.1 Å². The number of anilines is 1. The van der Waals surface area contributed by atoms with Crippen LogP contribution >= 0.6 is 22.7 Å². The van der Waals surface area contributed by atoms with E-state index in [0.29, 0.717) is 22.8 Å². The van der Waals surface area contributed by atoms with Crippen LogP contribution in [0.25, 0.3) is 20.4 Å². The first-order chi connectivity index (χ1) is 13.0. The third-order valence-electron chi connectivity index (χ3n) is 4.25. The van der Waals surface area contributed by atoms with Crippen LogP contribution in [0.15, 0.2) is 41.9 Å². The Bertz CT molecular complexity index is 1120. The summed E-state index contributed by atoms with van der Waals surface area (Å²) in [5, 5.41) is 0.519. The predicted octanol–water partition coefficient (Wildman–Crippen LogP) is 2.84. The van der Waals surface area contributed by atoms with Gasteiger partial charge in [0.15, 0.2) is 5.13 Å². The number of quaternary nitrogens is 1. The van der Waals surface area contributed by atoms with Crippen molar-refractivity contribution in [1.82, 2.24) is 9.97 Å². The molecule has 0 unspecified atom stereocenters. The van der Waals surface area contributed by atoms with E-state index in [0.717, 1.165) is 21.5 Å². The summed E-state index contributed by atoms with van der Waals surface area (Å²) in [6.07, 6.45) is 0. The third-order valence-corrected chi connectivity index (χ3v) is 6.08. The Kier molecular flexibility index (Phi) is 4.86. The summed E-state index contributed by atoms with van der Waals surface area (Å²) in [7, 11) is 4.06. The van der Waals surface area contributed by atoms with Crippen LogP contribution in [0, 0.1) is 5.82 Å². The van der Waals surface area contributed by atoms with Crippen LogP contribution in [-0.4, -0.2) is 43.1 Å². The summed E-state index contributed by atoms with van der Waals surface area (Å²) in [4.78, 5) is 24.8. The quantitative estimate of drug-likeness (QED) is 0.560. The third kappa shape index (κ3) is 3.55. The van der Waals surface area contributed by atoms with Crippen LogP contribution in [-0.2, 0) is 0 Å². The van der Waals surface area contributed by atoms with E-state index in [1.807, 2.05) is 32.3 Å². The largest absolute Gasteiger partial charge is 0.338 e. The second-order valence-electron chi connectivity index (χ2n) is 6.53. The number of carbonyl (C=O) groups excluding carboxylic acids is 1. The van der Waals surface area contributed by atoms with Gasteiger partial charge in [0, 0.05) is 5.56 Å². The van der Waals surface area contributed by atoms with Gasteiger partial charge in [-0.25, -0.2) is 14.4 Å². The molecule has 0 atom stereocenters. The zero-order valence-electron chi connectivity index (χ0n) is 14.9. The number of para-hydroxylation sites is 1. The number of thiazole rings is 2. The number of fused-ring (bicyclic) bond motifs is 2. The van der Waals surface area contributed by atoms with Crippen LogP contribution in [0.1, 0.15) is 10.4 Å². The highest BCUT2D eigenvalue weighted by molar-refractivity contribution is 7.22. The number of carbonyl (C=O) groups is 1. The Morgan fingerprint density at radius 2 is 2.07 bits per heavy atom. The molecular formula is C19H18FN4OS2+. The number of benzene rings is 2. The molecule has 8 heteroatoms. The lowest BCUT2D eigenvalue weighted by Gasteiger charge is -2.20. The van der Waals surface area contributed by atoms with Crippen molar-refractivity contribution in [3.63, 3.8) is 0 Å². The second kappa shape index (κ2) is 7.30. The molecule has 0 bridgehead atoms. The Hall–Kier alpha value is -2.42. The maximum atomic E-state index is 14.1. The monoisotopic (exact) mass is 401 g/mol. The molecule has 0 aliphatic heterocycles. The lowest BCUT2D eigenvalue weighted by molar-refractivity contribution is -0.856. The first-order valence-corrected chi connectivity index (χ1v) is 10.2. The van der Waals surface area contributed by atoms with Gasteiger partial charge in [0.1, 0.15) is 11.3 Å². The number of amides is 1. The van der Waals surface area contributed by atoms with Crippen molar-refractivity contribution in [1.29, 1.82) is 0 Å². The van der Waals surface area contributed by atoms with E-state index in [1.54, 1.807) is 22.5 Å². The predicted molar refractivity (Wildman–Crippen MR) is 109 cm³/mol. The topological polar surface area (TPSA) is 50.5 Å². The Balaban J connectivity index is 1.74. The molecule has 4 rings (SSSR count). The Morgan fingerprint density at radius 3 is 2.85 bits per heavy atom. The minimum Gasteiger partial charge on any atom is -0.338 e. The van der Waals surface area contributed by atoms with Gasteiger partial charge in [0.2, 0.25) is 0 Å². The van der Waals surface area contributed by atoms with Gasteiger partial charge in [-0.1, -0.05) is 17.4 Å². The molecule has 5 nitrogen and oxygen atoms in total. The van der Waals surface area contributed by atoms with E-state index < -0.39 is 0 Å². The standard InChI is InChI=1S/C19H17FN4OS2/c1-23(2)8-9-24(19-22-17-13(20)4-3-5-15(17)27-19)18(25)12-6-7-14-16(10-12)26-11-21-14/h3-7,10-11H,8-9H2,1-2H3/p+1. The molecule has 0 saturated heterocycles. The first-order valence-electron chi connectivity index (χ1n) is 8.52. The summed E-state index contributed by atoms with van der Waals surface area (Å²) in [5.41, 5.74) is 3.54. The molecule has 27 heavy (non-hydrogen) atoms. The van der Waals surface area contributed by atoms with Crippen molar-refractivity contribution < 1.29 is 14.1 Å². The minimum atomic E-state index is -0.369. The smallest absolute Gasteiger partial charge is 0.260 e. The van der Waals surface area contributed by atoms with Crippen LogP contribution in [0.2, 0.25) is 0 Å². The average Bonchev–Trinajstić information content (AvgIpc) is 3.28. The molecule has 2 aromatic carbocycles. The number of likely N-dealkylation sites (N-methyl/N-ethyl adjacent to an activating group) is 1. The highest BCUT2D eigenvalue weighted by Crippen LogP contribution is 2.31. The van der Waals surface area contributed by atoms with Gasteiger partial charge in [-0.3, -0.25) is 9.69 Å². The number of nitrogens with zero attached hydrogens (tertiary/aromatic N) is 3. The van der Waals surface area contributed by atoms with E-state index in [2.05, 4.69) is 9.97 Å². The number of nitrogens with one attached hydrogen (secondary N) is 1. The highest BCUT2D eigenvalue weighted by Gasteiger charge is 2.23. The molecule has 1 N–H and O–H groups in total. The molecular weight excluding hydrogens is 383 g/mol. The maximum Gasteiger partial charge on any atom is 0.260 e. The van der Waals surface area contributed by atoms with E-state index in [-0.39, 0.29) is 11.7 Å². The minimum absolute atomic E-state index is 0.133. The lowest BCUT2D eigenvalue weighted by atomic mass is 10.2. The zero-order chi connectivity index (χ0) is 19.0. The second-order valence-corrected chi connectivity index (χ2v) is 8.43. The number of aromatic nitrogens is 2. The molecule has 0 aliphatic rings. The Labute approximate surface area is 163 Å². The SMILES string of the molecule is C[NH+](C)CCN(C(=O)c1ccc2ncsc2c1)c1nc2c(F)cccc2s1. The van der Waals surface area contributed by atoms with Crippen molar-refractivity contribution in [2.24, 2.45) is 0 Å². The van der Waals surface area contributed by atoms with Crippen LogP contribution in [0.4, 0.5) is 9.52 Å². The summed E-state index contributed by atoms with van der Waals surface area (Å²) < 4.78 is 15.8. The van der Waals surface area contributed by atoms with Gasteiger partial charge >= 0.3 is 0 Å². The van der Waals surface area contributed by atoms with Gasteiger partial charge in [0.05, 0.1) is 47.6 Å². The fourth-order valence-electron chi connectivity index (χ4n) is 2.78. The van der Waals surface area contributed by atoms with Crippen LogP contribution in [0.5, 0.6) is 0 Å². The number of hydrogen-bond donors (Lipinski definition) is 1. The Morgan fingerprint density at radius 1 is 1.22 bits per heavy atom. The molecule has 138 valence electrons. The van der Waals surface area contributed by atoms with Crippen LogP contribution < -0.4 is 9.80 Å². The normalized spacial score (nSPS) is 11.6. The van der Waals surface area contributed by atoms with E-state index >= 15 is 0 Å². The first kappa shape index (κ1) is 18.0. The molecule has 0 fully saturated rings. The summed E-state index contributed by atoms with van der Waals surface area (Å²) in [6, 6.07) is 10.4. The fraction of sp³-hybridized carbons (Fsp3) is 0.211. The van der Waals surface area contributed by atoms with Gasteiger partial charge in [-0.2, -0.15) is 0 Å². The summed E-state index contributed by atoms with van der Waals surface area (Å²) >= 11 is 2.84. The number of halogens is 1. The number of rotatable bonds is 5. The molecule has 0 aliphatic carbocycles. The molecule has 0 radical (unpaired) electrons. The molecule has 1 amide bonds. The zero-order valence-corrected chi connectivity index (χ0v) is 16.5. The molecule has 2 aromatic heterocycles.